The number of unbranched alkanes of at least 4 members (excludes halogenated alkanes) is 2. The Morgan fingerprint density at radius 3 is 1.73 bits per heavy atom. The van der Waals surface area contributed by atoms with Crippen LogP contribution in [0.3, 0.4) is 0 Å². The van der Waals surface area contributed by atoms with Gasteiger partial charge in [-0.15, -0.1) is 0 Å². The van der Waals surface area contributed by atoms with E-state index in [1.165, 1.54) is 85.7 Å². The van der Waals surface area contributed by atoms with Crippen molar-refractivity contribution in [2.45, 2.75) is 59.8 Å². The quantitative estimate of drug-likeness (QED) is 0.139. The first-order chi connectivity index (χ1) is 23.9. The smallest absolute Gasteiger partial charge is 0.139 e. The standard InChI is InChI=1S/C46H45N3/c1-31-27-43(38-16-11-18-40(29-38)45-42-20-10-9-13-35(42)21-22-47-45)33(3)25-36(31)14-7-6-8-15-37-26-34(4)44(28-32(37)2)39-17-12-19-41(30-39)46-48-23-24-49(46)5/h9-13,16-30H,6-8,14-15H2,1-5H3. The van der Waals surface area contributed by atoms with Crippen LogP contribution in [0.5, 0.6) is 0 Å². The molecular weight excluding hydrogens is 595 g/mol. The molecule has 0 aliphatic carbocycles. The Labute approximate surface area is 291 Å². The van der Waals surface area contributed by atoms with Crippen LogP contribution in [0.4, 0.5) is 0 Å². The molecule has 0 aliphatic rings. The lowest BCUT2D eigenvalue weighted by atomic mass is 9.90. The van der Waals surface area contributed by atoms with Crippen molar-refractivity contribution in [1.29, 1.82) is 0 Å². The number of rotatable bonds is 10. The second kappa shape index (κ2) is 14.1. The largest absolute Gasteiger partial charge is 0.334 e. The minimum absolute atomic E-state index is 0.995. The number of nitrogens with zero attached hydrogens (tertiary/aromatic N) is 3. The molecule has 5 aromatic carbocycles. The fourth-order valence-corrected chi connectivity index (χ4v) is 7.37. The number of aromatic nitrogens is 3. The molecule has 2 aromatic heterocycles. The molecule has 7 aromatic rings. The summed E-state index contributed by atoms with van der Waals surface area (Å²) in [5, 5.41) is 2.41. The highest BCUT2D eigenvalue weighted by molar-refractivity contribution is 5.95. The second-order valence-electron chi connectivity index (χ2n) is 13.7. The monoisotopic (exact) mass is 639 g/mol. The highest BCUT2D eigenvalue weighted by Crippen LogP contribution is 2.34. The number of hydrogen-bond acceptors (Lipinski definition) is 2. The van der Waals surface area contributed by atoms with Gasteiger partial charge in [-0.05, 0) is 133 Å². The molecule has 2 heterocycles. The van der Waals surface area contributed by atoms with Gasteiger partial charge in [0.15, 0.2) is 0 Å². The number of fused-ring (bicyclic) bond motifs is 1. The maximum atomic E-state index is 4.77. The van der Waals surface area contributed by atoms with Crippen LogP contribution in [0.1, 0.15) is 52.6 Å². The average Bonchev–Trinajstić information content (AvgIpc) is 3.56. The Bertz CT molecular complexity index is 2270. The van der Waals surface area contributed by atoms with E-state index in [9.17, 15) is 0 Å². The van der Waals surface area contributed by atoms with Gasteiger partial charge in [-0.2, -0.15) is 0 Å². The Kier molecular flexibility index (Phi) is 9.26. The van der Waals surface area contributed by atoms with E-state index in [0.29, 0.717) is 0 Å². The lowest BCUT2D eigenvalue weighted by Gasteiger charge is -2.15. The van der Waals surface area contributed by atoms with E-state index in [2.05, 4.69) is 140 Å². The maximum absolute atomic E-state index is 4.77. The van der Waals surface area contributed by atoms with Gasteiger partial charge in [0.1, 0.15) is 5.82 Å². The minimum atomic E-state index is 0.995. The van der Waals surface area contributed by atoms with Crippen LogP contribution in [0, 0.1) is 27.7 Å². The average molecular weight is 640 g/mol. The molecule has 244 valence electrons. The third-order valence-corrected chi connectivity index (χ3v) is 10.1. The first-order valence-corrected chi connectivity index (χ1v) is 17.6. The van der Waals surface area contributed by atoms with E-state index >= 15 is 0 Å². The topological polar surface area (TPSA) is 30.7 Å². The fraction of sp³-hybridized carbons (Fsp3) is 0.217. The molecule has 0 atom stereocenters. The van der Waals surface area contributed by atoms with Crippen LogP contribution in [0.15, 0.2) is 122 Å². The van der Waals surface area contributed by atoms with Crippen LogP contribution in [-0.2, 0) is 19.9 Å². The van der Waals surface area contributed by atoms with Crippen molar-refractivity contribution in [3.8, 4) is 44.9 Å². The number of hydrogen-bond donors (Lipinski definition) is 0. The zero-order valence-electron chi connectivity index (χ0n) is 29.4. The Balaban J connectivity index is 0.985. The molecule has 0 aliphatic heterocycles. The molecule has 0 saturated carbocycles. The number of pyridine rings is 1. The minimum Gasteiger partial charge on any atom is -0.334 e. The second-order valence-corrected chi connectivity index (χ2v) is 13.7. The first kappa shape index (κ1) is 32.3. The van der Waals surface area contributed by atoms with E-state index in [4.69, 9.17) is 4.98 Å². The summed E-state index contributed by atoms with van der Waals surface area (Å²) in [6.45, 7) is 9.04. The third kappa shape index (κ3) is 6.85. The molecule has 0 spiro atoms. The molecule has 3 nitrogen and oxygen atoms in total. The van der Waals surface area contributed by atoms with Crippen LogP contribution in [0.2, 0.25) is 0 Å². The van der Waals surface area contributed by atoms with Crippen molar-refractivity contribution < 1.29 is 0 Å². The summed E-state index contributed by atoms with van der Waals surface area (Å²) in [7, 11) is 2.05. The molecule has 0 amide bonds. The molecule has 0 saturated heterocycles. The molecule has 0 unspecified atom stereocenters. The lowest BCUT2D eigenvalue weighted by Crippen LogP contribution is -1.97. The van der Waals surface area contributed by atoms with Gasteiger partial charge in [-0.1, -0.05) is 91.3 Å². The van der Waals surface area contributed by atoms with Crippen molar-refractivity contribution in [1.82, 2.24) is 14.5 Å². The zero-order valence-corrected chi connectivity index (χ0v) is 29.4. The molecule has 7 rings (SSSR count). The molecule has 0 bridgehead atoms. The predicted octanol–water partition coefficient (Wildman–Crippen LogP) is 11.8. The number of imidazole rings is 1. The first-order valence-electron chi connectivity index (χ1n) is 17.6. The van der Waals surface area contributed by atoms with Gasteiger partial charge in [-0.3, -0.25) is 4.98 Å². The Morgan fingerprint density at radius 2 is 1.10 bits per heavy atom. The van der Waals surface area contributed by atoms with Crippen LogP contribution in [0.25, 0.3) is 55.7 Å². The van der Waals surface area contributed by atoms with Gasteiger partial charge in [0.2, 0.25) is 0 Å². The van der Waals surface area contributed by atoms with Crippen LogP contribution < -0.4 is 0 Å². The van der Waals surface area contributed by atoms with Crippen LogP contribution >= 0.6 is 0 Å². The van der Waals surface area contributed by atoms with Crippen LogP contribution in [-0.4, -0.2) is 14.5 Å². The SMILES string of the molecule is Cc1cc(-c2cccc(-c3nccc4ccccc34)c2)c(C)cc1CCCCCc1cc(C)c(-c2cccc(-c3nccn3C)c2)cc1C. The van der Waals surface area contributed by atoms with Crippen molar-refractivity contribution in [2.24, 2.45) is 7.05 Å². The van der Waals surface area contributed by atoms with Crippen molar-refractivity contribution in [3.63, 3.8) is 0 Å². The fourth-order valence-electron chi connectivity index (χ4n) is 7.37. The summed E-state index contributed by atoms with van der Waals surface area (Å²) in [4.78, 5) is 9.32. The van der Waals surface area contributed by atoms with Gasteiger partial charge in [0.25, 0.3) is 0 Å². The van der Waals surface area contributed by atoms with Crippen molar-refractivity contribution >= 4 is 10.8 Å². The van der Waals surface area contributed by atoms with Gasteiger partial charge in [-0.25, -0.2) is 4.98 Å². The molecular formula is C46H45N3. The molecule has 49 heavy (non-hydrogen) atoms. The molecule has 0 N–H and O–H groups in total. The molecule has 0 radical (unpaired) electrons. The third-order valence-electron chi connectivity index (χ3n) is 10.1. The summed E-state index contributed by atoms with van der Waals surface area (Å²) >= 11 is 0. The normalized spacial score (nSPS) is 11.4. The zero-order chi connectivity index (χ0) is 33.9. The summed E-state index contributed by atoms with van der Waals surface area (Å²) in [6.07, 6.45) is 11.7. The van der Waals surface area contributed by atoms with Crippen molar-refractivity contribution in [2.75, 3.05) is 0 Å². The van der Waals surface area contributed by atoms with E-state index in [0.717, 1.165) is 35.5 Å². The van der Waals surface area contributed by atoms with Gasteiger partial charge in [0, 0.05) is 42.2 Å². The van der Waals surface area contributed by atoms with Gasteiger partial charge < -0.3 is 4.57 Å². The molecule has 3 heteroatoms. The maximum Gasteiger partial charge on any atom is 0.139 e. The Hall–Kier alpha value is -5.28. The van der Waals surface area contributed by atoms with Crippen molar-refractivity contribution in [3.05, 3.63) is 155 Å². The summed E-state index contributed by atoms with van der Waals surface area (Å²) in [5.74, 6) is 0.995. The summed E-state index contributed by atoms with van der Waals surface area (Å²) < 4.78 is 2.07. The van der Waals surface area contributed by atoms with E-state index in [1.807, 2.05) is 25.6 Å². The van der Waals surface area contributed by atoms with E-state index in [1.54, 1.807) is 0 Å². The number of benzene rings is 5. The summed E-state index contributed by atoms with van der Waals surface area (Å²) in [5.41, 5.74) is 16.8. The predicted molar refractivity (Wildman–Crippen MR) is 207 cm³/mol. The lowest BCUT2D eigenvalue weighted by molar-refractivity contribution is 0.675. The van der Waals surface area contributed by atoms with Gasteiger partial charge in [0.05, 0.1) is 5.69 Å². The van der Waals surface area contributed by atoms with E-state index in [-0.39, 0.29) is 0 Å². The highest BCUT2D eigenvalue weighted by atomic mass is 15.0. The van der Waals surface area contributed by atoms with Gasteiger partial charge >= 0.3 is 0 Å². The molecule has 0 fully saturated rings. The van der Waals surface area contributed by atoms with E-state index < -0.39 is 0 Å². The number of aryl methyl sites for hydroxylation is 7. The highest BCUT2D eigenvalue weighted by Gasteiger charge is 2.12. The summed E-state index contributed by atoms with van der Waals surface area (Å²) in [6, 6.07) is 37.8. The Morgan fingerprint density at radius 1 is 0.510 bits per heavy atom.